The van der Waals surface area contributed by atoms with Crippen LogP contribution < -0.4 is 4.72 Å². The van der Waals surface area contributed by atoms with Crippen LogP contribution in [0, 0.1) is 18.3 Å². The van der Waals surface area contributed by atoms with Crippen LogP contribution in [0.4, 0.5) is 5.69 Å². The summed E-state index contributed by atoms with van der Waals surface area (Å²) in [5.41, 5.74) is 2.02. The number of nitrogens with zero attached hydrogens (tertiary/aromatic N) is 2. The first-order valence-electron chi connectivity index (χ1n) is 6.48. The first-order valence-corrected chi connectivity index (χ1v) is 7.96. The van der Waals surface area contributed by atoms with E-state index in [0.717, 1.165) is 16.9 Å². The van der Waals surface area contributed by atoms with Gasteiger partial charge in [-0.2, -0.15) is 5.26 Å². The molecule has 0 unspecified atom stereocenters. The quantitative estimate of drug-likeness (QED) is 0.776. The highest BCUT2D eigenvalue weighted by Crippen LogP contribution is 2.22. The number of rotatable bonds is 3. The molecule has 1 heterocycles. The summed E-state index contributed by atoms with van der Waals surface area (Å²) >= 11 is 0. The molecule has 7 heteroatoms. The number of aromatic amines is 1. The maximum Gasteiger partial charge on any atom is 0.263 e. The average molecular weight is 312 g/mol. The summed E-state index contributed by atoms with van der Waals surface area (Å²) in [5, 5.41) is 9.04. The lowest BCUT2D eigenvalue weighted by Gasteiger charge is -2.09. The van der Waals surface area contributed by atoms with Gasteiger partial charge in [-0.1, -0.05) is 12.1 Å². The minimum atomic E-state index is -3.82. The second kappa shape index (κ2) is 5.16. The van der Waals surface area contributed by atoms with Gasteiger partial charge in [0.15, 0.2) is 0 Å². The van der Waals surface area contributed by atoms with Crippen LogP contribution in [-0.2, 0) is 10.0 Å². The SMILES string of the molecule is Cc1nc2ccc(NS(=O)(=O)c3ccccc3C#N)cc2[nH]1. The number of aromatic nitrogens is 2. The number of fused-ring (bicyclic) bond motifs is 1. The van der Waals surface area contributed by atoms with Crippen LogP contribution in [0.3, 0.4) is 0 Å². The van der Waals surface area contributed by atoms with E-state index < -0.39 is 10.0 Å². The second-order valence-corrected chi connectivity index (χ2v) is 6.42. The van der Waals surface area contributed by atoms with E-state index in [9.17, 15) is 8.42 Å². The summed E-state index contributed by atoms with van der Waals surface area (Å²) in [5.74, 6) is 0.754. The number of benzene rings is 2. The second-order valence-electron chi connectivity index (χ2n) is 4.77. The van der Waals surface area contributed by atoms with Gasteiger partial charge in [-0.25, -0.2) is 13.4 Å². The van der Waals surface area contributed by atoms with Crippen molar-refractivity contribution in [2.24, 2.45) is 0 Å². The summed E-state index contributed by atoms with van der Waals surface area (Å²) in [7, 11) is -3.82. The molecule has 0 spiro atoms. The van der Waals surface area contributed by atoms with Crippen LogP contribution in [0.1, 0.15) is 11.4 Å². The summed E-state index contributed by atoms with van der Waals surface area (Å²) in [6, 6.07) is 13.0. The lowest BCUT2D eigenvalue weighted by atomic mass is 10.2. The Morgan fingerprint density at radius 3 is 2.77 bits per heavy atom. The average Bonchev–Trinajstić information content (AvgIpc) is 2.86. The van der Waals surface area contributed by atoms with E-state index >= 15 is 0 Å². The largest absolute Gasteiger partial charge is 0.342 e. The third kappa shape index (κ3) is 2.52. The molecule has 0 atom stereocenters. The normalized spacial score (nSPS) is 11.3. The fourth-order valence-corrected chi connectivity index (χ4v) is 3.41. The van der Waals surface area contributed by atoms with Gasteiger partial charge >= 0.3 is 0 Å². The van der Waals surface area contributed by atoms with Crippen molar-refractivity contribution in [1.82, 2.24) is 9.97 Å². The molecule has 0 radical (unpaired) electrons. The molecule has 0 aliphatic heterocycles. The van der Waals surface area contributed by atoms with Gasteiger partial charge in [-0.05, 0) is 37.3 Å². The Morgan fingerprint density at radius 1 is 1.23 bits per heavy atom. The molecule has 0 fully saturated rings. The van der Waals surface area contributed by atoms with Crippen LogP contribution in [0.15, 0.2) is 47.4 Å². The monoisotopic (exact) mass is 312 g/mol. The Hall–Kier alpha value is -2.85. The molecule has 2 N–H and O–H groups in total. The topological polar surface area (TPSA) is 98.6 Å². The number of sulfonamides is 1. The highest BCUT2D eigenvalue weighted by atomic mass is 32.2. The predicted molar refractivity (Wildman–Crippen MR) is 82.8 cm³/mol. The Bertz CT molecular complexity index is 1000. The van der Waals surface area contributed by atoms with Crippen molar-refractivity contribution in [3.63, 3.8) is 0 Å². The number of aryl methyl sites for hydroxylation is 1. The van der Waals surface area contributed by atoms with Crippen molar-refractivity contribution in [1.29, 1.82) is 5.26 Å². The fraction of sp³-hybridized carbons (Fsp3) is 0.0667. The van der Waals surface area contributed by atoms with E-state index in [1.807, 2.05) is 13.0 Å². The van der Waals surface area contributed by atoms with E-state index in [1.165, 1.54) is 12.1 Å². The third-order valence-electron chi connectivity index (χ3n) is 3.15. The number of nitrogens with one attached hydrogen (secondary N) is 2. The van der Waals surface area contributed by atoms with Gasteiger partial charge in [-0.15, -0.1) is 0 Å². The summed E-state index contributed by atoms with van der Waals surface area (Å²) in [4.78, 5) is 7.27. The molecule has 22 heavy (non-hydrogen) atoms. The molecule has 2 aromatic carbocycles. The minimum absolute atomic E-state index is 0.0432. The number of anilines is 1. The van der Waals surface area contributed by atoms with Gasteiger partial charge < -0.3 is 4.98 Å². The van der Waals surface area contributed by atoms with Crippen molar-refractivity contribution in [2.45, 2.75) is 11.8 Å². The van der Waals surface area contributed by atoms with E-state index in [0.29, 0.717) is 5.69 Å². The van der Waals surface area contributed by atoms with Crippen molar-refractivity contribution in [3.8, 4) is 6.07 Å². The maximum absolute atomic E-state index is 12.4. The molecule has 0 saturated carbocycles. The molecule has 0 aliphatic rings. The maximum atomic E-state index is 12.4. The molecule has 0 bridgehead atoms. The highest BCUT2D eigenvalue weighted by Gasteiger charge is 2.18. The zero-order valence-corrected chi connectivity index (χ0v) is 12.5. The summed E-state index contributed by atoms with van der Waals surface area (Å²) in [6.45, 7) is 1.83. The molecule has 110 valence electrons. The van der Waals surface area contributed by atoms with Gasteiger partial charge in [0.2, 0.25) is 0 Å². The number of nitriles is 1. The third-order valence-corrected chi connectivity index (χ3v) is 4.59. The first kappa shape index (κ1) is 14.1. The van der Waals surface area contributed by atoms with Crippen LogP contribution in [0.25, 0.3) is 11.0 Å². The molecule has 3 rings (SSSR count). The number of imidazole rings is 1. The molecule has 0 aliphatic carbocycles. The Balaban J connectivity index is 2.01. The van der Waals surface area contributed by atoms with Crippen LogP contribution in [0.5, 0.6) is 0 Å². The first-order chi connectivity index (χ1) is 10.5. The van der Waals surface area contributed by atoms with Gasteiger partial charge in [-0.3, -0.25) is 4.72 Å². The molecular weight excluding hydrogens is 300 g/mol. The zero-order valence-electron chi connectivity index (χ0n) is 11.7. The van der Waals surface area contributed by atoms with E-state index in [4.69, 9.17) is 5.26 Å². The summed E-state index contributed by atoms with van der Waals surface area (Å²) in [6.07, 6.45) is 0. The highest BCUT2D eigenvalue weighted by molar-refractivity contribution is 7.92. The lowest BCUT2D eigenvalue weighted by molar-refractivity contribution is 0.601. The van der Waals surface area contributed by atoms with Crippen LogP contribution >= 0.6 is 0 Å². The van der Waals surface area contributed by atoms with Crippen LogP contribution in [0.2, 0.25) is 0 Å². The molecule has 1 aromatic heterocycles. The van der Waals surface area contributed by atoms with Gasteiger partial charge in [0.1, 0.15) is 16.8 Å². The van der Waals surface area contributed by atoms with Crippen LogP contribution in [-0.4, -0.2) is 18.4 Å². The van der Waals surface area contributed by atoms with Gasteiger partial charge in [0, 0.05) is 0 Å². The molecule has 0 amide bonds. The number of hydrogen-bond acceptors (Lipinski definition) is 4. The van der Waals surface area contributed by atoms with E-state index in [2.05, 4.69) is 14.7 Å². The molecule has 6 nitrogen and oxygen atoms in total. The Labute approximate surface area is 127 Å². The molecular formula is C15H12N4O2S. The van der Waals surface area contributed by atoms with Crippen molar-refractivity contribution >= 4 is 26.7 Å². The Kier molecular flexibility index (Phi) is 3.31. The summed E-state index contributed by atoms with van der Waals surface area (Å²) < 4.78 is 27.4. The number of H-pyrrole nitrogens is 1. The molecule has 3 aromatic rings. The smallest absolute Gasteiger partial charge is 0.263 e. The number of hydrogen-bond donors (Lipinski definition) is 2. The van der Waals surface area contributed by atoms with E-state index in [-0.39, 0.29) is 10.5 Å². The fourth-order valence-electron chi connectivity index (χ4n) is 2.20. The predicted octanol–water partition coefficient (Wildman–Crippen LogP) is 2.54. The van der Waals surface area contributed by atoms with Crippen molar-refractivity contribution in [3.05, 3.63) is 53.9 Å². The van der Waals surface area contributed by atoms with E-state index in [1.54, 1.807) is 30.3 Å². The standard InChI is InChI=1S/C15H12N4O2S/c1-10-17-13-7-6-12(8-14(13)18-10)19-22(20,21)15-5-3-2-4-11(15)9-16/h2-8,19H,1H3,(H,17,18). The van der Waals surface area contributed by atoms with Gasteiger partial charge in [0.25, 0.3) is 10.0 Å². The van der Waals surface area contributed by atoms with Crippen molar-refractivity contribution < 1.29 is 8.42 Å². The van der Waals surface area contributed by atoms with Gasteiger partial charge in [0.05, 0.1) is 22.3 Å². The Morgan fingerprint density at radius 2 is 2.00 bits per heavy atom. The molecule has 0 saturated heterocycles. The van der Waals surface area contributed by atoms with Crippen molar-refractivity contribution in [2.75, 3.05) is 4.72 Å². The minimum Gasteiger partial charge on any atom is -0.342 e. The lowest BCUT2D eigenvalue weighted by Crippen LogP contribution is -2.14. The zero-order chi connectivity index (χ0) is 15.7.